The van der Waals surface area contributed by atoms with E-state index in [9.17, 15) is 5.26 Å². The monoisotopic (exact) mass is 196 g/mol. The van der Waals surface area contributed by atoms with Crippen molar-refractivity contribution >= 4 is 0 Å². The van der Waals surface area contributed by atoms with Gasteiger partial charge in [-0.15, -0.1) is 0 Å². The fourth-order valence-electron chi connectivity index (χ4n) is 2.42. The van der Waals surface area contributed by atoms with Crippen molar-refractivity contribution in [3.05, 3.63) is 35.4 Å². The van der Waals surface area contributed by atoms with E-state index in [0.29, 0.717) is 5.56 Å². The maximum Gasteiger partial charge on any atom is 0.0995 e. The second-order valence-corrected chi connectivity index (χ2v) is 4.06. The molecule has 1 aliphatic rings. The number of hydrogen-bond acceptors (Lipinski definition) is 2. The van der Waals surface area contributed by atoms with Crippen molar-refractivity contribution in [2.75, 3.05) is 0 Å². The summed E-state index contributed by atoms with van der Waals surface area (Å²) in [5, 5.41) is 18.4. The molecule has 0 aliphatic heterocycles. The van der Waals surface area contributed by atoms with Crippen LogP contribution in [-0.2, 0) is 5.41 Å². The largest absolute Gasteiger partial charge is 0.197 e. The lowest BCUT2D eigenvalue weighted by Crippen LogP contribution is -2.20. The maximum absolute atomic E-state index is 9.33. The van der Waals surface area contributed by atoms with Gasteiger partial charge in [0.05, 0.1) is 23.1 Å². The molecule has 0 amide bonds. The van der Waals surface area contributed by atoms with Crippen LogP contribution in [0.2, 0.25) is 0 Å². The van der Waals surface area contributed by atoms with Crippen LogP contribution in [0.5, 0.6) is 0 Å². The fraction of sp³-hybridized carbons (Fsp3) is 0.385. The molecule has 1 aliphatic carbocycles. The molecule has 0 N–H and O–H groups in total. The number of benzene rings is 1. The first kappa shape index (κ1) is 9.74. The Morgan fingerprint density at radius 2 is 1.73 bits per heavy atom. The summed E-state index contributed by atoms with van der Waals surface area (Å²) in [6, 6.07) is 12.1. The average Bonchev–Trinajstić information content (AvgIpc) is 2.79. The Morgan fingerprint density at radius 1 is 1.07 bits per heavy atom. The Morgan fingerprint density at radius 3 is 2.33 bits per heavy atom. The van der Waals surface area contributed by atoms with Gasteiger partial charge in [-0.25, -0.2) is 0 Å². The molecular formula is C13H12N2. The van der Waals surface area contributed by atoms with Crippen LogP contribution in [0.15, 0.2) is 24.3 Å². The van der Waals surface area contributed by atoms with Gasteiger partial charge in [-0.1, -0.05) is 31.0 Å². The topological polar surface area (TPSA) is 47.6 Å². The minimum absolute atomic E-state index is 0.397. The zero-order valence-corrected chi connectivity index (χ0v) is 8.53. The predicted octanol–water partition coefficient (Wildman–Crippen LogP) is 2.89. The first-order valence-electron chi connectivity index (χ1n) is 5.23. The van der Waals surface area contributed by atoms with Crippen LogP contribution in [0.25, 0.3) is 0 Å². The third-order valence-electron chi connectivity index (χ3n) is 3.23. The van der Waals surface area contributed by atoms with E-state index >= 15 is 0 Å². The van der Waals surface area contributed by atoms with Crippen LogP contribution in [0.3, 0.4) is 0 Å². The van der Waals surface area contributed by atoms with Crippen molar-refractivity contribution in [1.29, 1.82) is 10.5 Å². The second kappa shape index (κ2) is 3.75. The number of nitriles is 2. The van der Waals surface area contributed by atoms with Crippen molar-refractivity contribution in [2.24, 2.45) is 0 Å². The summed E-state index contributed by atoms with van der Waals surface area (Å²) < 4.78 is 0. The van der Waals surface area contributed by atoms with E-state index in [4.69, 9.17) is 5.26 Å². The molecule has 0 aromatic heterocycles. The summed E-state index contributed by atoms with van der Waals surface area (Å²) in [6.07, 6.45) is 3.96. The third-order valence-corrected chi connectivity index (χ3v) is 3.23. The van der Waals surface area contributed by atoms with E-state index in [2.05, 4.69) is 12.1 Å². The van der Waals surface area contributed by atoms with Gasteiger partial charge in [0.15, 0.2) is 0 Å². The first-order chi connectivity index (χ1) is 7.32. The smallest absolute Gasteiger partial charge is 0.0995 e. The number of rotatable bonds is 1. The van der Waals surface area contributed by atoms with E-state index in [1.165, 1.54) is 0 Å². The Bertz CT molecular complexity index is 442. The lowest BCUT2D eigenvalue weighted by Gasteiger charge is -2.21. The van der Waals surface area contributed by atoms with Crippen LogP contribution in [-0.4, -0.2) is 0 Å². The quantitative estimate of drug-likeness (QED) is 0.693. The molecule has 74 valence electrons. The lowest BCUT2D eigenvalue weighted by atomic mass is 9.78. The molecule has 15 heavy (non-hydrogen) atoms. The Balaban J connectivity index is 2.53. The number of hydrogen-bond donors (Lipinski definition) is 0. The molecule has 2 heteroatoms. The van der Waals surface area contributed by atoms with E-state index < -0.39 is 5.41 Å². The van der Waals surface area contributed by atoms with Gasteiger partial charge < -0.3 is 0 Å². The molecule has 1 saturated carbocycles. The molecule has 0 atom stereocenters. The number of nitrogens with zero attached hydrogens (tertiary/aromatic N) is 2. The molecule has 0 unspecified atom stereocenters. The molecule has 0 saturated heterocycles. The van der Waals surface area contributed by atoms with E-state index in [1.807, 2.05) is 18.2 Å². The molecule has 1 aromatic carbocycles. The summed E-state index contributed by atoms with van der Waals surface area (Å²) in [5.41, 5.74) is 1.18. The van der Waals surface area contributed by atoms with E-state index in [1.54, 1.807) is 6.07 Å². The van der Waals surface area contributed by atoms with E-state index in [0.717, 1.165) is 31.2 Å². The van der Waals surface area contributed by atoms with Crippen molar-refractivity contribution < 1.29 is 0 Å². The van der Waals surface area contributed by atoms with E-state index in [-0.39, 0.29) is 0 Å². The first-order valence-corrected chi connectivity index (χ1v) is 5.23. The second-order valence-electron chi connectivity index (χ2n) is 4.06. The molecule has 0 radical (unpaired) electrons. The minimum Gasteiger partial charge on any atom is -0.197 e. The Hall–Kier alpha value is -1.80. The molecule has 0 heterocycles. The molecule has 1 aromatic rings. The van der Waals surface area contributed by atoms with Gasteiger partial charge in [-0.3, -0.25) is 0 Å². The SMILES string of the molecule is N#Cc1ccccc1C1(C#N)CCCC1. The summed E-state index contributed by atoms with van der Waals surface area (Å²) in [4.78, 5) is 0. The predicted molar refractivity (Wildman–Crippen MR) is 56.9 cm³/mol. The van der Waals surface area contributed by atoms with Gasteiger partial charge in [0, 0.05) is 0 Å². The fourth-order valence-corrected chi connectivity index (χ4v) is 2.42. The standard InChI is InChI=1S/C13H12N2/c14-9-11-5-1-2-6-12(11)13(10-15)7-3-4-8-13/h1-2,5-6H,3-4,7-8H2. The van der Waals surface area contributed by atoms with Crippen molar-refractivity contribution in [2.45, 2.75) is 31.1 Å². The summed E-state index contributed by atoms with van der Waals surface area (Å²) >= 11 is 0. The minimum atomic E-state index is -0.397. The van der Waals surface area contributed by atoms with Gasteiger partial charge in [0.1, 0.15) is 0 Å². The van der Waals surface area contributed by atoms with Crippen LogP contribution in [0, 0.1) is 22.7 Å². The highest BCUT2D eigenvalue weighted by molar-refractivity contribution is 5.46. The van der Waals surface area contributed by atoms with Crippen molar-refractivity contribution in [3.8, 4) is 12.1 Å². The summed E-state index contributed by atoms with van der Waals surface area (Å²) in [7, 11) is 0. The summed E-state index contributed by atoms with van der Waals surface area (Å²) in [5.74, 6) is 0. The molecule has 0 bridgehead atoms. The Labute approximate surface area is 89.8 Å². The van der Waals surface area contributed by atoms with Crippen molar-refractivity contribution in [1.82, 2.24) is 0 Å². The molecule has 2 rings (SSSR count). The highest BCUT2D eigenvalue weighted by Crippen LogP contribution is 2.41. The Kier molecular flexibility index (Phi) is 2.44. The van der Waals surface area contributed by atoms with Gasteiger partial charge in [-0.05, 0) is 24.5 Å². The molecular weight excluding hydrogens is 184 g/mol. The van der Waals surface area contributed by atoms with Gasteiger partial charge in [0.25, 0.3) is 0 Å². The zero-order valence-electron chi connectivity index (χ0n) is 8.53. The van der Waals surface area contributed by atoms with Crippen LogP contribution >= 0.6 is 0 Å². The van der Waals surface area contributed by atoms with Crippen LogP contribution in [0.4, 0.5) is 0 Å². The zero-order chi connectivity index (χ0) is 10.7. The van der Waals surface area contributed by atoms with Crippen LogP contribution < -0.4 is 0 Å². The lowest BCUT2D eigenvalue weighted by molar-refractivity contribution is 0.571. The van der Waals surface area contributed by atoms with Crippen molar-refractivity contribution in [3.63, 3.8) is 0 Å². The average molecular weight is 196 g/mol. The van der Waals surface area contributed by atoms with Gasteiger partial charge >= 0.3 is 0 Å². The molecule has 2 nitrogen and oxygen atoms in total. The van der Waals surface area contributed by atoms with Gasteiger partial charge in [-0.2, -0.15) is 10.5 Å². The highest BCUT2D eigenvalue weighted by atomic mass is 14.4. The normalized spacial score (nSPS) is 18.0. The van der Waals surface area contributed by atoms with Gasteiger partial charge in [0.2, 0.25) is 0 Å². The molecule has 1 fully saturated rings. The van der Waals surface area contributed by atoms with Crippen LogP contribution in [0.1, 0.15) is 36.8 Å². The summed E-state index contributed by atoms with van der Waals surface area (Å²) in [6.45, 7) is 0. The maximum atomic E-state index is 9.33. The third kappa shape index (κ3) is 1.49. The molecule has 0 spiro atoms. The highest BCUT2D eigenvalue weighted by Gasteiger charge is 2.37.